The molecule has 0 saturated carbocycles. The van der Waals surface area contributed by atoms with Crippen molar-refractivity contribution in [2.75, 3.05) is 12.4 Å². The van der Waals surface area contributed by atoms with Gasteiger partial charge < -0.3 is 14.5 Å². The highest BCUT2D eigenvalue weighted by Crippen LogP contribution is 2.22. The molecule has 2 aromatic carbocycles. The molecule has 1 N–H and O–H groups in total. The number of para-hydroxylation sites is 1. The lowest BCUT2D eigenvalue weighted by molar-refractivity contribution is 0.0947. The number of hydrogen-bond acceptors (Lipinski definition) is 6. The summed E-state index contributed by atoms with van der Waals surface area (Å²) in [5.41, 5.74) is 2.53. The summed E-state index contributed by atoms with van der Waals surface area (Å²) >= 11 is 0. The van der Waals surface area contributed by atoms with Gasteiger partial charge in [-0.15, -0.1) is 5.10 Å². The fourth-order valence-electron chi connectivity index (χ4n) is 2.92. The van der Waals surface area contributed by atoms with E-state index in [0.29, 0.717) is 29.6 Å². The molecule has 0 aliphatic rings. The highest BCUT2D eigenvalue weighted by atomic mass is 16.5. The molecule has 0 aliphatic carbocycles. The van der Waals surface area contributed by atoms with Gasteiger partial charge in [-0.2, -0.15) is 9.67 Å². The summed E-state index contributed by atoms with van der Waals surface area (Å²) in [6.45, 7) is 2.39. The lowest BCUT2D eigenvalue weighted by Crippen LogP contribution is -2.17. The maximum absolute atomic E-state index is 13.1. The Balaban J connectivity index is 1.67. The second-order valence-electron chi connectivity index (χ2n) is 6.48. The summed E-state index contributed by atoms with van der Waals surface area (Å²) in [6.07, 6.45) is 1.54. The van der Waals surface area contributed by atoms with E-state index in [4.69, 9.17) is 9.15 Å². The maximum Gasteiger partial charge on any atom is 0.281 e. The van der Waals surface area contributed by atoms with Crippen LogP contribution >= 0.6 is 0 Å². The van der Waals surface area contributed by atoms with Crippen LogP contribution in [-0.4, -0.2) is 27.8 Å². The van der Waals surface area contributed by atoms with Gasteiger partial charge in [0.05, 0.1) is 13.4 Å². The van der Waals surface area contributed by atoms with E-state index < -0.39 is 0 Å². The molecular formula is C22H20N4O3. The number of carbonyl (C=O) groups is 1. The van der Waals surface area contributed by atoms with E-state index in [-0.39, 0.29) is 5.91 Å². The average Bonchev–Trinajstić information content (AvgIpc) is 3.42. The van der Waals surface area contributed by atoms with Crippen LogP contribution in [0.25, 0.3) is 11.6 Å². The van der Waals surface area contributed by atoms with Crippen molar-refractivity contribution >= 4 is 11.9 Å². The molecule has 0 bridgehead atoms. The van der Waals surface area contributed by atoms with Crippen LogP contribution in [0, 0.1) is 6.92 Å². The Morgan fingerprint density at radius 1 is 1.10 bits per heavy atom. The topological polar surface area (TPSA) is 82.2 Å². The van der Waals surface area contributed by atoms with Gasteiger partial charge in [-0.25, -0.2) is 0 Å². The lowest BCUT2D eigenvalue weighted by atomic mass is 10.1. The van der Waals surface area contributed by atoms with E-state index >= 15 is 0 Å². The Hall–Kier alpha value is -3.87. The van der Waals surface area contributed by atoms with Crippen molar-refractivity contribution in [3.8, 4) is 17.3 Å². The van der Waals surface area contributed by atoms with Crippen LogP contribution in [0.15, 0.2) is 71.3 Å². The zero-order valence-electron chi connectivity index (χ0n) is 16.1. The van der Waals surface area contributed by atoms with Crippen LogP contribution in [0.4, 0.5) is 5.95 Å². The molecule has 0 saturated heterocycles. The smallest absolute Gasteiger partial charge is 0.281 e. The number of rotatable bonds is 6. The molecule has 7 nitrogen and oxygen atoms in total. The Morgan fingerprint density at radius 3 is 2.62 bits per heavy atom. The summed E-state index contributed by atoms with van der Waals surface area (Å²) in [4.78, 5) is 17.5. The first kappa shape index (κ1) is 18.5. The van der Waals surface area contributed by atoms with Gasteiger partial charge >= 0.3 is 0 Å². The number of anilines is 1. The third-order valence-electron chi connectivity index (χ3n) is 4.47. The monoisotopic (exact) mass is 388 g/mol. The molecular weight excluding hydrogens is 368 g/mol. The zero-order chi connectivity index (χ0) is 20.2. The van der Waals surface area contributed by atoms with Crippen molar-refractivity contribution in [3.05, 3.63) is 83.6 Å². The predicted octanol–water partition coefficient (Wildman–Crippen LogP) is 4.16. The normalized spacial score (nSPS) is 10.7. The van der Waals surface area contributed by atoms with Crippen molar-refractivity contribution in [2.24, 2.45) is 0 Å². The van der Waals surface area contributed by atoms with Crippen molar-refractivity contribution in [1.29, 1.82) is 0 Å². The van der Waals surface area contributed by atoms with E-state index in [1.165, 1.54) is 4.68 Å². The second kappa shape index (κ2) is 8.02. The standard InChI is InChI=1S/C22H20N4O3/c1-15-9-11-16(12-10-15)21(27)26-22(24-20(25-26)19-8-5-13-29-19)23-14-17-6-3-4-7-18(17)28-2/h3-13H,14H2,1-2H3,(H,23,24,25). The van der Waals surface area contributed by atoms with Crippen LogP contribution in [0.1, 0.15) is 21.5 Å². The van der Waals surface area contributed by atoms with Gasteiger partial charge in [-0.3, -0.25) is 4.79 Å². The molecule has 0 atom stereocenters. The third kappa shape index (κ3) is 3.89. The highest BCUT2D eigenvalue weighted by molar-refractivity contribution is 5.97. The van der Waals surface area contributed by atoms with Gasteiger partial charge in [0.15, 0.2) is 5.76 Å². The van der Waals surface area contributed by atoms with Gasteiger partial charge in [0.1, 0.15) is 5.75 Å². The van der Waals surface area contributed by atoms with Crippen molar-refractivity contribution < 1.29 is 13.9 Å². The molecule has 7 heteroatoms. The van der Waals surface area contributed by atoms with Crippen molar-refractivity contribution in [3.63, 3.8) is 0 Å². The molecule has 0 spiro atoms. The maximum atomic E-state index is 13.1. The number of benzene rings is 2. The SMILES string of the molecule is COc1ccccc1CNc1nc(-c2ccco2)nn1C(=O)c1ccc(C)cc1. The molecule has 29 heavy (non-hydrogen) atoms. The molecule has 2 aromatic heterocycles. The summed E-state index contributed by atoms with van der Waals surface area (Å²) < 4.78 is 12.0. The van der Waals surface area contributed by atoms with Gasteiger partial charge in [0.2, 0.25) is 11.8 Å². The van der Waals surface area contributed by atoms with Crippen LogP contribution in [-0.2, 0) is 6.54 Å². The van der Waals surface area contributed by atoms with E-state index in [9.17, 15) is 4.79 Å². The van der Waals surface area contributed by atoms with E-state index in [1.54, 1.807) is 37.6 Å². The first-order chi connectivity index (χ1) is 14.2. The fraction of sp³-hybridized carbons (Fsp3) is 0.136. The summed E-state index contributed by atoms with van der Waals surface area (Å²) in [7, 11) is 1.62. The highest BCUT2D eigenvalue weighted by Gasteiger charge is 2.20. The number of nitrogens with zero attached hydrogens (tertiary/aromatic N) is 3. The minimum atomic E-state index is -0.280. The molecule has 0 unspecified atom stereocenters. The molecule has 0 aliphatic heterocycles. The second-order valence-corrected chi connectivity index (χ2v) is 6.48. The first-order valence-electron chi connectivity index (χ1n) is 9.14. The van der Waals surface area contributed by atoms with Gasteiger partial charge in [0, 0.05) is 17.7 Å². The van der Waals surface area contributed by atoms with E-state index in [2.05, 4.69) is 15.4 Å². The number of ether oxygens (including phenoxy) is 1. The van der Waals surface area contributed by atoms with Crippen LogP contribution in [0.3, 0.4) is 0 Å². The fourth-order valence-corrected chi connectivity index (χ4v) is 2.92. The van der Waals surface area contributed by atoms with E-state index in [1.807, 2.05) is 43.3 Å². The minimum absolute atomic E-state index is 0.280. The number of hydrogen-bond donors (Lipinski definition) is 1. The number of furan rings is 1. The Morgan fingerprint density at radius 2 is 1.90 bits per heavy atom. The zero-order valence-corrected chi connectivity index (χ0v) is 16.1. The lowest BCUT2D eigenvalue weighted by Gasteiger charge is -2.10. The predicted molar refractivity (Wildman–Crippen MR) is 109 cm³/mol. The number of carbonyl (C=O) groups excluding carboxylic acids is 1. The Labute approximate surface area is 168 Å². The van der Waals surface area contributed by atoms with E-state index in [0.717, 1.165) is 16.9 Å². The Bertz CT molecular complexity index is 1120. The van der Waals surface area contributed by atoms with Crippen molar-refractivity contribution in [2.45, 2.75) is 13.5 Å². The number of methoxy groups -OCH3 is 1. The number of aryl methyl sites for hydroxylation is 1. The molecule has 4 aromatic rings. The molecule has 146 valence electrons. The molecule has 2 heterocycles. The summed E-state index contributed by atoms with van der Waals surface area (Å²) in [5, 5.41) is 7.57. The third-order valence-corrected chi connectivity index (χ3v) is 4.47. The number of nitrogens with one attached hydrogen (secondary N) is 1. The van der Waals surface area contributed by atoms with Crippen LogP contribution in [0.5, 0.6) is 5.75 Å². The van der Waals surface area contributed by atoms with Gasteiger partial charge in [-0.05, 0) is 37.3 Å². The van der Waals surface area contributed by atoms with Crippen LogP contribution < -0.4 is 10.1 Å². The molecule has 0 radical (unpaired) electrons. The first-order valence-corrected chi connectivity index (χ1v) is 9.14. The molecule has 4 rings (SSSR count). The number of aromatic nitrogens is 3. The van der Waals surface area contributed by atoms with Crippen LogP contribution in [0.2, 0.25) is 0 Å². The van der Waals surface area contributed by atoms with Gasteiger partial charge in [-0.1, -0.05) is 35.9 Å². The average molecular weight is 388 g/mol. The van der Waals surface area contributed by atoms with Gasteiger partial charge in [0.25, 0.3) is 5.91 Å². The quantitative estimate of drug-likeness (QED) is 0.534. The summed E-state index contributed by atoms with van der Waals surface area (Å²) in [5.74, 6) is 1.62. The molecule has 0 fully saturated rings. The minimum Gasteiger partial charge on any atom is -0.496 e. The molecule has 0 amide bonds. The Kier molecular flexibility index (Phi) is 5.11. The van der Waals surface area contributed by atoms with Crippen molar-refractivity contribution in [1.82, 2.24) is 14.8 Å². The summed E-state index contributed by atoms with van der Waals surface area (Å²) in [6, 6.07) is 18.5. The largest absolute Gasteiger partial charge is 0.496 e.